The monoisotopic (exact) mass is 406 g/mol. The first kappa shape index (κ1) is 20.0. The molecular formula is C22H26N6O2. The number of rotatable bonds is 8. The second-order valence-corrected chi connectivity index (χ2v) is 7.73. The molecule has 0 aromatic carbocycles. The topological polar surface area (TPSA) is 106 Å². The Morgan fingerprint density at radius 2 is 2.10 bits per heavy atom. The lowest BCUT2D eigenvalue weighted by molar-refractivity contribution is -0.137. The van der Waals surface area contributed by atoms with Gasteiger partial charge in [0.2, 0.25) is 0 Å². The van der Waals surface area contributed by atoms with E-state index >= 15 is 0 Å². The van der Waals surface area contributed by atoms with Crippen molar-refractivity contribution in [3.8, 4) is 0 Å². The van der Waals surface area contributed by atoms with Crippen molar-refractivity contribution >= 4 is 11.8 Å². The van der Waals surface area contributed by atoms with E-state index in [-0.39, 0.29) is 6.42 Å². The molecule has 0 amide bonds. The van der Waals surface area contributed by atoms with Crippen LogP contribution < -0.4 is 5.32 Å². The Bertz CT molecular complexity index is 1000. The Balaban J connectivity index is 1.42. The van der Waals surface area contributed by atoms with Crippen LogP contribution in [0.2, 0.25) is 0 Å². The fourth-order valence-electron chi connectivity index (χ4n) is 4.02. The molecule has 1 aliphatic heterocycles. The highest BCUT2D eigenvalue weighted by Crippen LogP contribution is 2.26. The zero-order valence-corrected chi connectivity index (χ0v) is 17.0. The minimum Gasteiger partial charge on any atom is -0.481 e. The molecule has 2 atom stereocenters. The quantitative estimate of drug-likeness (QED) is 0.592. The van der Waals surface area contributed by atoms with Gasteiger partial charge in [0.05, 0.1) is 12.5 Å². The molecule has 0 bridgehead atoms. The number of aryl methyl sites for hydroxylation is 3. The number of carboxylic acids is 1. The number of fused-ring (bicyclic) bond motifs is 1. The summed E-state index contributed by atoms with van der Waals surface area (Å²) in [6, 6.07) is 6.06. The molecule has 2 N–H and O–H groups in total. The van der Waals surface area contributed by atoms with Gasteiger partial charge in [-0.05, 0) is 56.7 Å². The first-order chi connectivity index (χ1) is 14.6. The lowest BCUT2D eigenvalue weighted by Crippen LogP contribution is -2.26. The van der Waals surface area contributed by atoms with Gasteiger partial charge >= 0.3 is 5.97 Å². The molecule has 0 spiro atoms. The third kappa shape index (κ3) is 4.64. The van der Waals surface area contributed by atoms with Crippen LogP contribution in [0.15, 0.2) is 43.0 Å². The van der Waals surface area contributed by atoms with E-state index in [1.54, 1.807) is 18.6 Å². The minimum absolute atomic E-state index is 0.0618. The maximum Gasteiger partial charge on any atom is 0.305 e. The molecule has 0 saturated heterocycles. The van der Waals surface area contributed by atoms with Crippen molar-refractivity contribution in [3.63, 3.8) is 0 Å². The maximum atomic E-state index is 11.5. The molecule has 30 heavy (non-hydrogen) atoms. The number of nitrogens with one attached hydrogen (secondary N) is 1. The Morgan fingerprint density at radius 1 is 1.27 bits per heavy atom. The highest BCUT2D eigenvalue weighted by molar-refractivity contribution is 5.68. The van der Waals surface area contributed by atoms with Gasteiger partial charge in [0.25, 0.3) is 0 Å². The van der Waals surface area contributed by atoms with Gasteiger partial charge in [-0.3, -0.25) is 9.48 Å². The number of aromatic nitrogens is 5. The zero-order valence-electron chi connectivity index (χ0n) is 17.0. The summed E-state index contributed by atoms with van der Waals surface area (Å²) < 4.78 is 1.81. The molecule has 1 aliphatic rings. The van der Waals surface area contributed by atoms with Crippen LogP contribution in [0.1, 0.15) is 54.4 Å². The van der Waals surface area contributed by atoms with E-state index in [9.17, 15) is 9.90 Å². The van der Waals surface area contributed by atoms with Crippen molar-refractivity contribution < 1.29 is 9.90 Å². The van der Waals surface area contributed by atoms with E-state index in [2.05, 4.69) is 31.4 Å². The van der Waals surface area contributed by atoms with Gasteiger partial charge in [-0.2, -0.15) is 5.10 Å². The summed E-state index contributed by atoms with van der Waals surface area (Å²) in [6.07, 6.45) is 11.9. The number of anilines is 1. The van der Waals surface area contributed by atoms with Crippen LogP contribution in [0, 0.1) is 6.92 Å². The summed E-state index contributed by atoms with van der Waals surface area (Å²) in [6.45, 7) is 1.81. The van der Waals surface area contributed by atoms with Crippen molar-refractivity contribution in [2.24, 2.45) is 0 Å². The van der Waals surface area contributed by atoms with Gasteiger partial charge in [-0.15, -0.1) is 0 Å². The molecule has 0 radical (unpaired) electrons. The lowest BCUT2D eigenvalue weighted by atomic mass is 9.96. The maximum absolute atomic E-state index is 11.5. The summed E-state index contributed by atoms with van der Waals surface area (Å²) >= 11 is 0. The lowest BCUT2D eigenvalue weighted by Gasteiger charge is -2.26. The predicted octanol–water partition coefficient (Wildman–Crippen LogP) is 3.19. The van der Waals surface area contributed by atoms with Gasteiger partial charge in [0, 0.05) is 42.1 Å². The van der Waals surface area contributed by atoms with Crippen molar-refractivity contribution in [1.82, 2.24) is 24.7 Å². The molecule has 0 fully saturated rings. The summed E-state index contributed by atoms with van der Waals surface area (Å²) in [7, 11) is 0. The largest absolute Gasteiger partial charge is 0.481 e. The van der Waals surface area contributed by atoms with E-state index in [0.29, 0.717) is 11.9 Å². The van der Waals surface area contributed by atoms with Crippen molar-refractivity contribution in [2.45, 2.75) is 57.5 Å². The Hall–Kier alpha value is -3.29. The Morgan fingerprint density at radius 3 is 2.90 bits per heavy atom. The van der Waals surface area contributed by atoms with Gasteiger partial charge in [-0.1, -0.05) is 6.07 Å². The number of carbonyl (C=O) groups is 1. The van der Waals surface area contributed by atoms with Crippen LogP contribution in [0.25, 0.3) is 0 Å². The smallest absolute Gasteiger partial charge is 0.305 e. The molecule has 1 unspecified atom stereocenters. The fourth-order valence-corrected chi connectivity index (χ4v) is 4.02. The first-order valence-corrected chi connectivity index (χ1v) is 10.3. The van der Waals surface area contributed by atoms with E-state index in [0.717, 1.165) is 49.2 Å². The number of aliphatic carboxylic acids is 1. The molecule has 0 saturated carbocycles. The van der Waals surface area contributed by atoms with Gasteiger partial charge in [0.15, 0.2) is 0 Å². The van der Waals surface area contributed by atoms with Crippen molar-refractivity contribution in [3.05, 3.63) is 65.6 Å². The van der Waals surface area contributed by atoms with Crippen molar-refractivity contribution in [2.75, 3.05) is 5.32 Å². The van der Waals surface area contributed by atoms with Gasteiger partial charge < -0.3 is 10.4 Å². The molecular weight excluding hydrogens is 380 g/mol. The summed E-state index contributed by atoms with van der Waals surface area (Å²) in [4.78, 5) is 24.4. The highest BCUT2D eigenvalue weighted by Gasteiger charge is 2.22. The minimum atomic E-state index is -0.875. The molecule has 3 aromatic heterocycles. The van der Waals surface area contributed by atoms with Crippen LogP contribution in [0.4, 0.5) is 5.82 Å². The van der Waals surface area contributed by atoms with Crippen LogP contribution in [0.3, 0.4) is 0 Å². The molecule has 4 heterocycles. The second-order valence-electron chi connectivity index (χ2n) is 7.73. The summed E-state index contributed by atoms with van der Waals surface area (Å²) in [5.74, 6) is 0.781. The SMILES string of the molecule is Cc1ncc(C(CC(=O)O)n2nccc2CCC[C@H]2CCc3cccnc3N2)cn1. The Labute approximate surface area is 175 Å². The van der Waals surface area contributed by atoms with E-state index in [1.165, 1.54) is 5.56 Å². The molecule has 8 heteroatoms. The summed E-state index contributed by atoms with van der Waals surface area (Å²) in [5, 5.41) is 17.4. The fraction of sp³-hybridized carbons (Fsp3) is 0.409. The van der Waals surface area contributed by atoms with E-state index in [4.69, 9.17) is 0 Å². The highest BCUT2D eigenvalue weighted by atomic mass is 16.4. The molecule has 8 nitrogen and oxygen atoms in total. The number of hydrogen-bond acceptors (Lipinski definition) is 6. The number of carboxylic acid groups (broad SMARTS) is 1. The summed E-state index contributed by atoms with van der Waals surface area (Å²) in [5.41, 5.74) is 3.06. The third-order valence-electron chi connectivity index (χ3n) is 5.58. The second kappa shape index (κ2) is 9.02. The average molecular weight is 406 g/mol. The number of pyridine rings is 1. The predicted molar refractivity (Wildman–Crippen MR) is 112 cm³/mol. The van der Waals surface area contributed by atoms with E-state index < -0.39 is 12.0 Å². The molecule has 4 rings (SSSR count). The van der Waals surface area contributed by atoms with Crippen LogP contribution >= 0.6 is 0 Å². The Kier molecular flexibility index (Phi) is 6.02. The van der Waals surface area contributed by atoms with Crippen LogP contribution in [-0.2, 0) is 17.6 Å². The van der Waals surface area contributed by atoms with E-state index in [1.807, 2.05) is 29.9 Å². The molecule has 156 valence electrons. The number of nitrogens with zero attached hydrogens (tertiary/aromatic N) is 5. The van der Waals surface area contributed by atoms with Crippen LogP contribution in [-0.4, -0.2) is 41.9 Å². The van der Waals surface area contributed by atoms with Crippen molar-refractivity contribution in [1.29, 1.82) is 0 Å². The zero-order chi connectivity index (χ0) is 20.9. The normalized spacial score (nSPS) is 16.5. The molecule has 3 aromatic rings. The third-order valence-corrected chi connectivity index (χ3v) is 5.58. The number of hydrogen-bond donors (Lipinski definition) is 2. The first-order valence-electron chi connectivity index (χ1n) is 10.3. The molecule has 0 aliphatic carbocycles. The van der Waals surface area contributed by atoms with Gasteiger partial charge in [-0.25, -0.2) is 15.0 Å². The van der Waals surface area contributed by atoms with Crippen LogP contribution in [0.5, 0.6) is 0 Å². The standard InChI is InChI=1S/C22H26N6O2/c1-15-24-13-17(14-25-15)20(12-21(29)30)28-19(9-11-26-28)6-2-5-18-8-7-16-4-3-10-23-22(16)27-18/h3-4,9-11,13-14,18,20H,2,5-8,12H2,1H3,(H,23,27)(H,29,30)/t18-,20?/m0/s1. The van der Waals surface area contributed by atoms with Gasteiger partial charge in [0.1, 0.15) is 11.6 Å². The average Bonchev–Trinajstić information content (AvgIpc) is 3.21.